The van der Waals surface area contributed by atoms with E-state index < -0.39 is 10.0 Å². The molecule has 2 aromatic carbocycles. The van der Waals surface area contributed by atoms with Crippen molar-refractivity contribution in [3.63, 3.8) is 0 Å². The highest BCUT2D eigenvalue weighted by atomic mass is 35.5. The standard InChI is InChI=1S/C18H18Cl2N2O6S/c1-10(23)22-4-5-28-17-9-18(12(20)7-14(17)22)29(24,25)21-13-6-11(19)15(26-2)8-16(13)27-3/h6-9,21H,4-5H2,1-3H3. The van der Waals surface area contributed by atoms with E-state index in [1.165, 1.54) is 50.3 Å². The Morgan fingerprint density at radius 1 is 1.10 bits per heavy atom. The van der Waals surface area contributed by atoms with Crippen LogP contribution in [-0.2, 0) is 14.8 Å². The molecular weight excluding hydrogens is 443 g/mol. The summed E-state index contributed by atoms with van der Waals surface area (Å²) in [5.74, 6) is 0.590. The van der Waals surface area contributed by atoms with Crippen LogP contribution >= 0.6 is 23.2 Å². The predicted molar refractivity (Wildman–Crippen MR) is 110 cm³/mol. The minimum Gasteiger partial charge on any atom is -0.495 e. The van der Waals surface area contributed by atoms with Crippen LogP contribution < -0.4 is 23.8 Å². The van der Waals surface area contributed by atoms with Crippen LogP contribution in [0.4, 0.5) is 11.4 Å². The van der Waals surface area contributed by atoms with Gasteiger partial charge in [-0.15, -0.1) is 0 Å². The monoisotopic (exact) mass is 460 g/mol. The van der Waals surface area contributed by atoms with E-state index in [9.17, 15) is 13.2 Å². The molecule has 1 aliphatic heterocycles. The Morgan fingerprint density at radius 3 is 2.41 bits per heavy atom. The summed E-state index contributed by atoms with van der Waals surface area (Å²) >= 11 is 12.4. The van der Waals surface area contributed by atoms with Crippen LogP contribution in [0, 0.1) is 0 Å². The van der Waals surface area contributed by atoms with Crippen LogP contribution in [0.15, 0.2) is 29.2 Å². The van der Waals surface area contributed by atoms with E-state index in [4.69, 9.17) is 37.4 Å². The number of amides is 1. The second-order valence-corrected chi connectivity index (χ2v) is 8.53. The molecule has 8 nitrogen and oxygen atoms in total. The Balaban J connectivity index is 2.03. The summed E-state index contributed by atoms with van der Waals surface area (Å²) in [6.45, 7) is 2.00. The van der Waals surface area contributed by atoms with E-state index in [1.807, 2.05) is 0 Å². The van der Waals surface area contributed by atoms with Crippen molar-refractivity contribution in [1.82, 2.24) is 0 Å². The third kappa shape index (κ3) is 4.17. The maximum Gasteiger partial charge on any atom is 0.263 e. The van der Waals surface area contributed by atoms with Crippen molar-refractivity contribution in [3.05, 3.63) is 34.3 Å². The summed E-state index contributed by atoms with van der Waals surface area (Å²) in [4.78, 5) is 13.1. The van der Waals surface area contributed by atoms with Crippen LogP contribution in [0.5, 0.6) is 17.2 Å². The van der Waals surface area contributed by atoms with Gasteiger partial charge in [-0.3, -0.25) is 9.52 Å². The lowest BCUT2D eigenvalue weighted by Crippen LogP contribution is -2.36. The summed E-state index contributed by atoms with van der Waals surface area (Å²) in [7, 11) is -1.31. The fraction of sp³-hybridized carbons (Fsp3) is 0.278. The second-order valence-electron chi connectivity index (χ2n) is 6.06. The van der Waals surface area contributed by atoms with Crippen molar-refractivity contribution in [2.45, 2.75) is 11.8 Å². The summed E-state index contributed by atoms with van der Waals surface area (Å²) in [5.41, 5.74) is 0.524. The minimum atomic E-state index is -4.13. The average Bonchev–Trinajstić information content (AvgIpc) is 2.66. The zero-order valence-electron chi connectivity index (χ0n) is 15.8. The fourth-order valence-corrected chi connectivity index (χ4v) is 4.73. The number of sulfonamides is 1. The first-order valence-corrected chi connectivity index (χ1v) is 10.6. The molecule has 0 fully saturated rings. The Bertz CT molecular complexity index is 1070. The third-order valence-electron chi connectivity index (χ3n) is 4.26. The summed E-state index contributed by atoms with van der Waals surface area (Å²) in [6.07, 6.45) is 0. The molecule has 0 atom stereocenters. The number of carbonyl (C=O) groups excluding carboxylic acids is 1. The van der Waals surface area contributed by atoms with E-state index >= 15 is 0 Å². The summed E-state index contributed by atoms with van der Waals surface area (Å²) in [5, 5.41) is 0.134. The number of benzene rings is 2. The molecule has 1 heterocycles. The molecule has 156 valence electrons. The molecule has 0 aliphatic carbocycles. The fourth-order valence-electron chi connectivity index (χ4n) is 2.89. The number of hydrogen-bond donors (Lipinski definition) is 1. The molecule has 29 heavy (non-hydrogen) atoms. The lowest BCUT2D eigenvalue weighted by Gasteiger charge is -2.29. The zero-order valence-corrected chi connectivity index (χ0v) is 18.1. The molecule has 0 aromatic heterocycles. The molecule has 0 saturated carbocycles. The number of ether oxygens (including phenoxy) is 3. The number of methoxy groups -OCH3 is 2. The molecule has 0 unspecified atom stereocenters. The predicted octanol–water partition coefficient (Wildman–Crippen LogP) is 3.56. The number of nitrogens with zero attached hydrogens (tertiary/aromatic N) is 1. The van der Waals surface area contributed by atoms with Gasteiger partial charge in [0.2, 0.25) is 5.91 Å². The molecular formula is C18H18Cl2N2O6S. The van der Waals surface area contributed by atoms with Crippen molar-refractivity contribution in [1.29, 1.82) is 0 Å². The molecule has 3 rings (SSSR count). The average molecular weight is 461 g/mol. The molecule has 0 saturated heterocycles. The van der Waals surface area contributed by atoms with Gasteiger partial charge < -0.3 is 19.1 Å². The van der Waals surface area contributed by atoms with E-state index in [2.05, 4.69) is 4.72 Å². The lowest BCUT2D eigenvalue weighted by molar-refractivity contribution is -0.116. The number of rotatable bonds is 5. The Hall–Kier alpha value is -2.36. The Labute approximate surface area is 178 Å². The number of halogens is 2. The number of fused-ring (bicyclic) bond motifs is 1. The highest BCUT2D eigenvalue weighted by Gasteiger charge is 2.28. The van der Waals surface area contributed by atoms with Gasteiger partial charge in [0.15, 0.2) is 0 Å². The first kappa shape index (κ1) is 21.4. The van der Waals surface area contributed by atoms with Gasteiger partial charge in [-0.2, -0.15) is 0 Å². The van der Waals surface area contributed by atoms with Crippen molar-refractivity contribution < 1.29 is 27.4 Å². The molecule has 0 spiro atoms. The van der Waals surface area contributed by atoms with Gasteiger partial charge in [-0.25, -0.2) is 8.42 Å². The quantitative estimate of drug-likeness (QED) is 0.732. The molecule has 1 amide bonds. The van der Waals surface area contributed by atoms with Crippen LogP contribution in [0.3, 0.4) is 0 Å². The van der Waals surface area contributed by atoms with Gasteiger partial charge in [-0.05, 0) is 12.1 Å². The Morgan fingerprint density at radius 2 is 1.79 bits per heavy atom. The Kier molecular flexibility index (Phi) is 6.02. The van der Waals surface area contributed by atoms with Gasteiger partial charge in [0, 0.05) is 19.1 Å². The lowest BCUT2D eigenvalue weighted by atomic mass is 10.2. The van der Waals surface area contributed by atoms with Crippen molar-refractivity contribution in [2.24, 2.45) is 0 Å². The second kappa shape index (κ2) is 8.17. The number of nitrogens with one attached hydrogen (secondary N) is 1. The molecule has 1 aliphatic rings. The van der Waals surface area contributed by atoms with E-state index in [0.29, 0.717) is 18.0 Å². The van der Waals surface area contributed by atoms with Gasteiger partial charge in [0.05, 0.1) is 42.2 Å². The highest BCUT2D eigenvalue weighted by Crippen LogP contribution is 2.41. The zero-order chi connectivity index (χ0) is 21.3. The summed E-state index contributed by atoms with van der Waals surface area (Å²) in [6, 6.07) is 5.51. The normalized spacial score (nSPS) is 13.3. The number of hydrogen-bond acceptors (Lipinski definition) is 6. The van der Waals surface area contributed by atoms with E-state index in [-0.39, 0.29) is 44.6 Å². The first-order valence-electron chi connectivity index (χ1n) is 8.36. The topological polar surface area (TPSA) is 94.2 Å². The van der Waals surface area contributed by atoms with Crippen LogP contribution in [0.2, 0.25) is 10.0 Å². The van der Waals surface area contributed by atoms with Gasteiger partial charge in [0.25, 0.3) is 10.0 Å². The van der Waals surface area contributed by atoms with Crippen molar-refractivity contribution in [2.75, 3.05) is 37.0 Å². The smallest absolute Gasteiger partial charge is 0.263 e. The maximum absolute atomic E-state index is 13.0. The summed E-state index contributed by atoms with van der Waals surface area (Å²) < 4.78 is 44.3. The number of anilines is 2. The van der Waals surface area contributed by atoms with Crippen LogP contribution in [0.25, 0.3) is 0 Å². The van der Waals surface area contributed by atoms with Crippen LogP contribution in [-0.4, -0.2) is 41.7 Å². The molecule has 0 radical (unpaired) electrons. The largest absolute Gasteiger partial charge is 0.495 e. The third-order valence-corrected chi connectivity index (χ3v) is 6.39. The number of carbonyl (C=O) groups is 1. The minimum absolute atomic E-state index is 0.0634. The SMILES string of the molecule is COc1cc(OC)c(NS(=O)(=O)c2cc3c(cc2Cl)N(C(C)=O)CCO3)cc1Cl. The van der Waals surface area contributed by atoms with E-state index in [1.54, 1.807) is 0 Å². The van der Waals surface area contributed by atoms with Gasteiger partial charge in [-0.1, -0.05) is 23.2 Å². The molecule has 2 aromatic rings. The molecule has 11 heteroatoms. The highest BCUT2D eigenvalue weighted by molar-refractivity contribution is 7.92. The maximum atomic E-state index is 13.0. The van der Waals surface area contributed by atoms with Crippen molar-refractivity contribution in [3.8, 4) is 17.2 Å². The first-order chi connectivity index (χ1) is 13.7. The van der Waals surface area contributed by atoms with Crippen molar-refractivity contribution >= 4 is 50.5 Å². The van der Waals surface area contributed by atoms with E-state index in [0.717, 1.165) is 0 Å². The van der Waals surface area contributed by atoms with Crippen LogP contribution in [0.1, 0.15) is 6.92 Å². The molecule has 0 bridgehead atoms. The molecule has 1 N–H and O–H groups in total. The van der Waals surface area contributed by atoms with Gasteiger partial charge >= 0.3 is 0 Å². The van der Waals surface area contributed by atoms with Gasteiger partial charge in [0.1, 0.15) is 28.8 Å².